The highest BCUT2D eigenvalue weighted by molar-refractivity contribution is 6.34. The van der Waals surface area contributed by atoms with E-state index in [1.165, 1.54) is 18.2 Å². The van der Waals surface area contributed by atoms with E-state index in [1.54, 1.807) is 23.1 Å². The summed E-state index contributed by atoms with van der Waals surface area (Å²) in [6.07, 6.45) is 0.737. The Morgan fingerprint density at radius 1 is 0.966 bits per heavy atom. The van der Waals surface area contributed by atoms with Gasteiger partial charge in [-0.2, -0.15) is 0 Å². The number of amides is 2. The van der Waals surface area contributed by atoms with Crippen LogP contribution in [0, 0.1) is 5.82 Å². The van der Waals surface area contributed by atoms with Crippen LogP contribution in [0.5, 0.6) is 0 Å². The van der Waals surface area contributed by atoms with Crippen molar-refractivity contribution in [3.05, 3.63) is 99.8 Å². The lowest BCUT2D eigenvalue weighted by Gasteiger charge is -2.29. The molecule has 0 unspecified atom stereocenters. The van der Waals surface area contributed by atoms with Crippen LogP contribution in [0.25, 0.3) is 0 Å². The minimum Gasteiger partial charge on any atom is -0.334 e. The van der Waals surface area contributed by atoms with Gasteiger partial charge < -0.3 is 10.2 Å². The maximum atomic E-state index is 14.0. The standard InChI is InChI=1S/C23H18ClFN2O2/c24-19-7-4-8-20(25)21(19)22(28)26-18-10-9-15-11-12-27(14-17(15)13-18)23(29)16-5-2-1-3-6-16/h1-10,13H,11-12,14H2,(H,26,28). The number of nitrogens with one attached hydrogen (secondary N) is 1. The second-order valence-corrected chi connectivity index (χ2v) is 7.28. The molecule has 0 aromatic heterocycles. The molecule has 6 heteroatoms. The Kier molecular flexibility index (Phi) is 5.32. The summed E-state index contributed by atoms with van der Waals surface area (Å²) < 4.78 is 14.0. The fraction of sp³-hybridized carbons (Fsp3) is 0.130. The van der Waals surface area contributed by atoms with E-state index in [0.29, 0.717) is 24.3 Å². The van der Waals surface area contributed by atoms with Crippen molar-refractivity contribution in [2.75, 3.05) is 11.9 Å². The highest BCUT2D eigenvalue weighted by Gasteiger charge is 2.22. The zero-order valence-corrected chi connectivity index (χ0v) is 16.2. The highest BCUT2D eigenvalue weighted by atomic mass is 35.5. The smallest absolute Gasteiger partial charge is 0.260 e. The Labute approximate surface area is 172 Å². The first-order valence-electron chi connectivity index (χ1n) is 9.24. The second kappa shape index (κ2) is 8.05. The van der Waals surface area contributed by atoms with Gasteiger partial charge in [0.1, 0.15) is 5.82 Å². The Morgan fingerprint density at radius 3 is 2.52 bits per heavy atom. The quantitative estimate of drug-likeness (QED) is 0.668. The molecule has 0 fully saturated rings. The third kappa shape index (κ3) is 4.00. The molecule has 0 atom stereocenters. The fourth-order valence-corrected chi connectivity index (χ4v) is 3.73. The molecular weight excluding hydrogens is 391 g/mol. The van der Waals surface area contributed by atoms with E-state index in [1.807, 2.05) is 30.3 Å². The van der Waals surface area contributed by atoms with Crippen molar-refractivity contribution in [2.45, 2.75) is 13.0 Å². The van der Waals surface area contributed by atoms with Crippen LogP contribution >= 0.6 is 11.6 Å². The predicted molar refractivity (Wildman–Crippen MR) is 111 cm³/mol. The number of halogens is 2. The van der Waals surface area contributed by atoms with Gasteiger partial charge in [0.05, 0.1) is 10.6 Å². The monoisotopic (exact) mass is 408 g/mol. The van der Waals surface area contributed by atoms with Gasteiger partial charge >= 0.3 is 0 Å². The van der Waals surface area contributed by atoms with Crippen LogP contribution in [0.4, 0.5) is 10.1 Å². The van der Waals surface area contributed by atoms with Crippen LogP contribution in [-0.2, 0) is 13.0 Å². The van der Waals surface area contributed by atoms with Gasteiger partial charge in [-0.05, 0) is 53.9 Å². The first-order valence-corrected chi connectivity index (χ1v) is 9.62. The first-order chi connectivity index (χ1) is 14.0. The van der Waals surface area contributed by atoms with Crippen LogP contribution < -0.4 is 5.32 Å². The van der Waals surface area contributed by atoms with Gasteiger partial charge in [-0.3, -0.25) is 9.59 Å². The van der Waals surface area contributed by atoms with Crippen LogP contribution in [0.3, 0.4) is 0 Å². The van der Waals surface area contributed by atoms with E-state index < -0.39 is 11.7 Å². The van der Waals surface area contributed by atoms with Gasteiger partial charge in [0.25, 0.3) is 11.8 Å². The number of anilines is 1. The van der Waals surface area contributed by atoms with Crippen molar-refractivity contribution < 1.29 is 14.0 Å². The molecule has 1 aliphatic rings. The fourth-order valence-electron chi connectivity index (χ4n) is 3.48. The minimum absolute atomic E-state index is 0.0242. The number of fused-ring (bicyclic) bond motifs is 1. The third-order valence-corrected chi connectivity index (χ3v) is 5.29. The minimum atomic E-state index is -0.674. The van der Waals surface area contributed by atoms with Gasteiger partial charge in [-0.25, -0.2) is 4.39 Å². The molecule has 4 rings (SSSR count). The van der Waals surface area contributed by atoms with E-state index in [9.17, 15) is 14.0 Å². The third-order valence-electron chi connectivity index (χ3n) is 4.97. The first kappa shape index (κ1) is 19.2. The summed E-state index contributed by atoms with van der Waals surface area (Å²) in [7, 11) is 0. The summed E-state index contributed by atoms with van der Waals surface area (Å²) >= 11 is 5.97. The Balaban J connectivity index is 1.53. The van der Waals surface area contributed by atoms with Crippen LogP contribution in [-0.4, -0.2) is 23.3 Å². The molecule has 4 nitrogen and oxygen atoms in total. The Morgan fingerprint density at radius 2 is 1.76 bits per heavy atom. The number of benzene rings is 3. The molecular formula is C23H18ClFN2O2. The van der Waals surface area contributed by atoms with Crippen molar-refractivity contribution in [3.8, 4) is 0 Å². The lowest BCUT2D eigenvalue weighted by Crippen LogP contribution is -2.36. The summed E-state index contributed by atoms with van der Waals surface area (Å²) in [6, 6.07) is 18.8. The van der Waals surface area contributed by atoms with Gasteiger partial charge in [-0.1, -0.05) is 41.9 Å². The summed E-state index contributed by atoms with van der Waals surface area (Å²) in [5.74, 6) is -1.31. The molecule has 29 heavy (non-hydrogen) atoms. The van der Waals surface area contributed by atoms with Crippen molar-refractivity contribution in [2.24, 2.45) is 0 Å². The van der Waals surface area contributed by atoms with Gasteiger partial charge in [0.2, 0.25) is 0 Å². The molecule has 0 spiro atoms. The van der Waals surface area contributed by atoms with Crippen molar-refractivity contribution in [1.29, 1.82) is 0 Å². The average molecular weight is 409 g/mol. The largest absolute Gasteiger partial charge is 0.334 e. The molecule has 0 bridgehead atoms. The van der Waals surface area contributed by atoms with Crippen molar-refractivity contribution in [1.82, 2.24) is 4.90 Å². The van der Waals surface area contributed by atoms with Crippen LogP contribution in [0.1, 0.15) is 31.8 Å². The number of rotatable bonds is 3. The SMILES string of the molecule is O=C(Nc1ccc2c(c1)CN(C(=O)c1ccccc1)CC2)c1c(F)cccc1Cl. The molecule has 1 aliphatic heterocycles. The lowest BCUT2D eigenvalue weighted by atomic mass is 9.98. The Bertz CT molecular complexity index is 1070. The van der Waals surface area contributed by atoms with Crippen LogP contribution in [0.15, 0.2) is 66.7 Å². The molecule has 0 radical (unpaired) electrons. The summed E-state index contributed by atoms with van der Waals surface area (Å²) in [4.78, 5) is 27.0. The van der Waals surface area contributed by atoms with Crippen LogP contribution in [0.2, 0.25) is 5.02 Å². The second-order valence-electron chi connectivity index (χ2n) is 6.88. The number of nitrogens with zero attached hydrogens (tertiary/aromatic N) is 1. The molecule has 3 aromatic rings. The number of hydrogen-bond donors (Lipinski definition) is 1. The maximum absolute atomic E-state index is 14.0. The predicted octanol–water partition coefficient (Wildman–Crippen LogP) is 4.93. The van der Waals surface area contributed by atoms with E-state index in [4.69, 9.17) is 11.6 Å². The summed E-state index contributed by atoms with van der Waals surface area (Å²) in [5.41, 5.74) is 3.08. The molecule has 2 amide bonds. The highest BCUT2D eigenvalue weighted by Crippen LogP contribution is 2.25. The van der Waals surface area contributed by atoms with E-state index in [0.717, 1.165) is 17.5 Å². The summed E-state index contributed by atoms with van der Waals surface area (Å²) in [6.45, 7) is 1.09. The molecule has 1 N–H and O–H groups in total. The molecule has 0 saturated heterocycles. The zero-order valence-electron chi connectivity index (χ0n) is 15.5. The normalized spacial score (nSPS) is 13.0. The van der Waals surface area contributed by atoms with E-state index >= 15 is 0 Å². The topological polar surface area (TPSA) is 49.4 Å². The Hall–Kier alpha value is -3.18. The molecule has 0 aliphatic carbocycles. The number of hydrogen-bond acceptors (Lipinski definition) is 2. The molecule has 146 valence electrons. The molecule has 0 saturated carbocycles. The summed E-state index contributed by atoms with van der Waals surface area (Å²) in [5, 5.41) is 2.75. The zero-order chi connectivity index (χ0) is 20.4. The lowest BCUT2D eigenvalue weighted by molar-refractivity contribution is 0.0734. The van der Waals surface area contributed by atoms with Gasteiger partial charge in [0, 0.05) is 24.3 Å². The van der Waals surface area contributed by atoms with E-state index in [2.05, 4.69) is 5.32 Å². The number of carbonyl (C=O) groups is 2. The van der Waals surface area contributed by atoms with Crippen molar-refractivity contribution in [3.63, 3.8) is 0 Å². The van der Waals surface area contributed by atoms with Gasteiger partial charge in [-0.15, -0.1) is 0 Å². The molecule has 3 aromatic carbocycles. The van der Waals surface area contributed by atoms with Gasteiger partial charge in [0.15, 0.2) is 0 Å². The maximum Gasteiger partial charge on any atom is 0.260 e. The van der Waals surface area contributed by atoms with E-state index in [-0.39, 0.29) is 16.5 Å². The number of carbonyl (C=O) groups excluding carboxylic acids is 2. The molecule has 1 heterocycles. The average Bonchev–Trinajstić information content (AvgIpc) is 2.73. The van der Waals surface area contributed by atoms with Crippen molar-refractivity contribution >= 4 is 29.1 Å².